The van der Waals surface area contributed by atoms with Crippen molar-refractivity contribution in [2.75, 3.05) is 32.7 Å². The van der Waals surface area contributed by atoms with Gasteiger partial charge in [-0.15, -0.1) is 0 Å². The minimum Gasteiger partial charge on any atom is -0.341 e. The minimum atomic E-state index is 0.0775. The molecule has 122 valence electrons. The third-order valence-corrected chi connectivity index (χ3v) is 5.49. The van der Waals surface area contributed by atoms with Crippen molar-refractivity contribution in [2.24, 2.45) is 5.92 Å². The topological polar surface area (TPSA) is 35.6 Å². The summed E-state index contributed by atoms with van der Waals surface area (Å²) in [5.74, 6) is 1.08. The van der Waals surface area contributed by atoms with Crippen molar-refractivity contribution < 1.29 is 4.79 Å². The highest BCUT2D eigenvalue weighted by molar-refractivity contribution is 5.82. The molecular weight excluding hydrogens is 262 g/mol. The van der Waals surface area contributed by atoms with Crippen molar-refractivity contribution in [3.05, 3.63) is 0 Å². The molecule has 0 saturated carbocycles. The first-order valence-electron chi connectivity index (χ1n) is 8.95. The Hall–Kier alpha value is -0.610. The smallest absolute Gasteiger partial charge is 0.239 e. The van der Waals surface area contributed by atoms with Gasteiger partial charge >= 0.3 is 0 Å². The maximum absolute atomic E-state index is 12.7. The van der Waals surface area contributed by atoms with E-state index in [2.05, 4.69) is 35.9 Å². The van der Waals surface area contributed by atoms with Crippen LogP contribution in [0.5, 0.6) is 0 Å². The van der Waals surface area contributed by atoms with E-state index in [1.54, 1.807) is 0 Å². The molecule has 2 atom stereocenters. The van der Waals surface area contributed by atoms with Crippen molar-refractivity contribution >= 4 is 5.91 Å². The molecule has 1 N–H and O–H groups in total. The van der Waals surface area contributed by atoms with Crippen molar-refractivity contribution in [1.82, 2.24) is 15.1 Å². The molecule has 2 heterocycles. The summed E-state index contributed by atoms with van der Waals surface area (Å²) in [7, 11) is 0. The molecule has 0 aromatic carbocycles. The van der Waals surface area contributed by atoms with Crippen LogP contribution < -0.4 is 5.32 Å². The van der Waals surface area contributed by atoms with E-state index < -0.39 is 0 Å². The van der Waals surface area contributed by atoms with Gasteiger partial charge in [-0.05, 0) is 51.2 Å². The zero-order valence-corrected chi connectivity index (χ0v) is 14.1. The first kappa shape index (κ1) is 16.8. The maximum Gasteiger partial charge on any atom is 0.239 e. The monoisotopic (exact) mass is 295 g/mol. The first-order chi connectivity index (χ1) is 10.2. The van der Waals surface area contributed by atoms with Crippen molar-refractivity contribution in [3.8, 4) is 0 Å². The van der Waals surface area contributed by atoms with Gasteiger partial charge in [-0.25, -0.2) is 0 Å². The zero-order chi connectivity index (χ0) is 15.2. The number of nitrogens with zero attached hydrogens (tertiary/aromatic N) is 2. The van der Waals surface area contributed by atoms with Gasteiger partial charge in [0.1, 0.15) is 0 Å². The van der Waals surface area contributed by atoms with Gasteiger partial charge in [-0.1, -0.05) is 27.2 Å². The van der Waals surface area contributed by atoms with E-state index >= 15 is 0 Å². The Morgan fingerprint density at radius 2 is 1.81 bits per heavy atom. The van der Waals surface area contributed by atoms with Gasteiger partial charge in [-0.2, -0.15) is 0 Å². The van der Waals surface area contributed by atoms with Gasteiger partial charge in [-0.3, -0.25) is 4.79 Å². The molecule has 21 heavy (non-hydrogen) atoms. The number of carbonyl (C=O) groups is 1. The van der Waals surface area contributed by atoms with E-state index in [9.17, 15) is 4.79 Å². The molecule has 0 aliphatic carbocycles. The van der Waals surface area contributed by atoms with Crippen LogP contribution in [0, 0.1) is 5.92 Å². The Bertz CT molecular complexity index is 322. The Kier molecular flexibility index (Phi) is 6.49. The molecule has 0 aromatic rings. The summed E-state index contributed by atoms with van der Waals surface area (Å²) in [5.41, 5.74) is 0. The largest absolute Gasteiger partial charge is 0.341 e. The highest BCUT2D eigenvalue weighted by Gasteiger charge is 2.32. The third kappa shape index (κ3) is 4.19. The molecule has 2 aliphatic heterocycles. The van der Waals surface area contributed by atoms with Gasteiger partial charge in [0, 0.05) is 19.1 Å². The van der Waals surface area contributed by atoms with Crippen LogP contribution in [-0.4, -0.2) is 60.5 Å². The van der Waals surface area contributed by atoms with Crippen molar-refractivity contribution in [2.45, 2.75) is 65.0 Å². The Morgan fingerprint density at radius 1 is 1.14 bits per heavy atom. The molecular formula is C17H33N3O. The molecule has 0 aromatic heterocycles. The van der Waals surface area contributed by atoms with Crippen LogP contribution in [-0.2, 0) is 4.79 Å². The quantitative estimate of drug-likeness (QED) is 0.844. The average molecular weight is 295 g/mol. The van der Waals surface area contributed by atoms with Crippen LogP contribution in [0.15, 0.2) is 0 Å². The van der Waals surface area contributed by atoms with Crippen molar-refractivity contribution in [3.63, 3.8) is 0 Å². The van der Waals surface area contributed by atoms with Crippen molar-refractivity contribution in [1.29, 1.82) is 0 Å². The summed E-state index contributed by atoms with van der Waals surface area (Å²) < 4.78 is 0. The highest BCUT2D eigenvalue weighted by Crippen LogP contribution is 2.22. The molecule has 2 rings (SSSR count). The lowest BCUT2D eigenvalue weighted by Gasteiger charge is -2.40. The summed E-state index contributed by atoms with van der Waals surface area (Å²) in [4.78, 5) is 17.3. The molecule has 0 bridgehead atoms. The SMILES string of the molecule is CCC1CCNC(C(=O)N2CCC(N(CC)CC)CC2)C1. The molecule has 2 saturated heterocycles. The van der Waals surface area contributed by atoms with Crippen LogP contribution in [0.2, 0.25) is 0 Å². The van der Waals surface area contributed by atoms with E-state index in [1.807, 2.05) is 0 Å². The molecule has 2 fully saturated rings. The Morgan fingerprint density at radius 3 is 2.38 bits per heavy atom. The third-order valence-electron chi connectivity index (χ3n) is 5.49. The molecule has 4 heteroatoms. The van der Waals surface area contributed by atoms with Gasteiger partial charge in [0.05, 0.1) is 6.04 Å². The fourth-order valence-electron chi connectivity index (χ4n) is 3.97. The summed E-state index contributed by atoms with van der Waals surface area (Å²) >= 11 is 0. The van der Waals surface area contributed by atoms with Crippen LogP contribution in [0.1, 0.15) is 52.9 Å². The lowest BCUT2D eigenvalue weighted by molar-refractivity contribution is -0.136. The fraction of sp³-hybridized carbons (Fsp3) is 0.941. The fourth-order valence-corrected chi connectivity index (χ4v) is 3.97. The number of nitrogens with one attached hydrogen (secondary N) is 1. The number of hydrogen-bond donors (Lipinski definition) is 1. The predicted molar refractivity (Wildman–Crippen MR) is 87.3 cm³/mol. The second-order valence-corrected chi connectivity index (χ2v) is 6.58. The minimum absolute atomic E-state index is 0.0775. The summed E-state index contributed by atoms with van der Waals surface area (Å²) in [6.07, 6.45) is 5.74. The number of hydrogen-bond acceptors (Lipinski definition) is 3. The van der Waals surface area contributed by atoms with E-state index in [4.69, 9.17) is 0 Å². The molecule has 0 radical (unpaired) electrons. The highest BCUT2D eigenvalue weighted by atomic mass is 16.2. The molecule has 1 amide bonds. The Labute approximate surface area is 130 Å². The lowest BCUT2D eigenvalue weighted by atomic mass is 9.89. The summed E-state index contributed by atoms with van der Waals surface area (Å²) in [5, 5.41) is 3.44. The summed E-state index contributed by atoms with van der Waals surface area (Å²) in [6.45, 7) is 11.8. The van der Waals surface area contributed by atoms with Crippen LogP contribution in [0.25, 0.3) is 0 Å². The van der Waals surface area contributed by atoms with Gasteiger partial charge < -0.3 is 15.1 Å². The number of carbonyl (C=O) groups excluding carboxylic acids is 1. The second kappa shape index (κ2) is 8.14. The summed E-state index contributed by atoms with van der Waals surface area (Å²) in [6, 6.07) is 0.750. The number of likely N-dealkylation sites (tertiary alicyclic amines) is 1. The number of amides is 1. The molecule has 4 nitrogen and oxygen atoms in total. The van der Waals surface area contributed by atoms with Crippen LogP contribution >= 0.6 is 0 Å². The van der Waals surface area contributed by atoms with Crippen LogP contribution in [0.4, 0.5) is 0 Å². The van der Waals surface area contributed by atoms with E-state index in [-0.39, 0.29) is 6.04 Å². The first-order valence-corrected chi connectivity index (χ1v) is 8.95. The van der Waals surface area contributed by atoms with Crippen LogP contribution in [0.3, 0.4) is 0 Å². The molecule has 2 unspecified atom stereocenters. The Balaban J connectivity index is 1.82. The molecule has 2 aliphatic rings. The normalized spacial score (nSPS) is 28.1. The average Bonchev–Trinajstić information content (AvgIpc) is 2.56. The van der Waals surface area contributed by atoms with Gasteiger partial charge in [0.15, 0.2) is 0 Å². The second-order valence-electron chi connectivity index (χ2n) is 6.58. The number of piperidine rings is 2. The maximum atomic E-state index is 12.7. The standard InChI is InChI=1S/C17H33N3O/c1-4-14-7-10-18-16(13-14)17(21)20-11-8-15(9-12-20)19(5-2)6-3/h14-16,18H,4-13H2,1-3H3. The van der Waals surface area contributed by atoms with E-state index in [0.29, 0.717) is 11.9 Å². The van der Waals surface area contributed by atoms with Gasteiger partial charge in [0.2, 0.25) is 5.91 Å². The van der Waals surface area contributed by atoms with E-state index in [0.717, 1.165) is 57.9 Å². The van der Waals surface area contributed by atoms with E-state index in [1.165, 1.54) is 12.8 Å². The lowest BCUT2D eigenvalue weighted by Crippen LogP contribution is -2.54. The number of rotatable bonds is 5. The predicted octanol–water partition coefficient (Wildman–Crippen LogP) is 2.10. The van der Waals surface area contributed by atoms with Gasteiger partial charge in [0.25, 0.3) is 0 Å². The molecule has 0 spiro atoms. The zero-order valence-electron chi connectivity index (χ0n) is 14.1.